The number of methoxy groups -OCH3 is 2. The Morgan fingerprint density at radius 3 is 2.64 bits per heavy atom. The molecule has 0 fully saturated rings. The summed E-state index contributed by atoms with van der Waals surface area (Å²) >= 11 is 1.18. The molecule has 12 heteroatoms. The zero-order valence-corrected chi connectivity index (χ0v) is 24.1. The highest BCUT2D eigenvalue weighted by Crippen LogP contribution is 2.34. The van der Waals surface area contributed by atoms with Crippen molar-refractivity contribution >= 4 is 46.2 Å². The third kappa shape index (κ3) is 6.65. The Morgan fingerprint density at radius 2 is 1.86 bits per heavy atom. The summed E-state index contributed by atoms with van der Waals surface area (Å²) in [6.45, 7) is 0.714. The average Bonchev–Trinajstić information content (AvgIpc) is 3.65. The first kappa shape index (κ1) is 28.9. The van der Waals surface area contributed by atoms with Crippen molar-refractivity contribution in [3.05, 3.63) is 77.7 Å². The van der Waals surface area contributed by atoms with Crippen LogP contribution < -0.4 is 20.1 Å². The summed E-state index contributed by atoms with van der Waals surface area (Å²) in [6.07, 6.45) is 2.54. The van der Waals surface area contributed by atoms with Gasteiger partial charge in [0.15, 0.2) is 16.7 Å². The predicted molar refractivity (Wildman–Crippen MR) is 159 cm³/mol. The highest BCUT2D eigenvalue weighted by molar-refractivity contribution is 8.14. The Kier molecular flexibility index (Phi) is 9.22. The van der Waals surface area contributed by atoms with Gasteiger partial charge in [-0.15, -0.1) is 0 Å². The van der Waals surface area contributed by atoms with Crippen molar-refractivity contribution in [2.75, 3.05) is 26.5 Å². The van der Waals surface area contributed by atoms with E-state index in [0.29, 0.717) is 46.9 Å². The predicted octanol–water partition coefficient (Wildman–Crippen LogP) is 3.44. The van der Waals surface area contributed by atoms with Gasteiger partial charge in [-0.2, -0.15) is 0 Å². The first-order valence-electron chi connectivity index (χ1n) is 13.5. The van der Waals surface area contributed by atoms with Crippen LogP contribution in [-0.4, -0.2) is 66.2 Å². The van der Waals surface area contributed by atoms with E-state index in [4.69, 9.17) is 13.9 Å². The molecule has 2 aliphatic heterocycles. The third-order valence-electron chi connectivity index (χ3n) is 6.75. The molecule has 42 heavy (non-hydrogen) atoms. The molecule has 0 aliphatic carbocycles. The summed E-state index contributed by atoms with van der Waals surface area (Å²) in [7, 11) is 3.16. The van der Waals surface area contributed by atoms with Gasteiger partial charge in [-0.1, -0.05) is 30.0 Å². The van der Waals surface area contributed by atoms with Crippen molar-refractivity contribution in [1.82, 2.24) is 15.5 Å². The molecule has 0 radical (unpaired) electrons. The Morgan fingerprint density at radius 1 is 1.02 bits per heavy atom. The Labute approximate surface area is 247 Å². The monoisotopic (exact) mass is 589 g/mol. The number of hydrogen-bond donors (Lipinski definition) is 2. The number of nitrogens with zero attached hydrogens (tertiary/aromatic N) is 3. The van der Waals surface area contributed by atoms with Crippen LogP contribution in [0.15, 0.2) is 75.3 Å². The number of carbonyl (C=O) groups is 3. The number of nitrogens with one attached hydrogen (secondary N) is 2. The van der Waals surface area contributed by atoms with Crippen molar-refractivity contribution in [3.8, 4) is 11.5 Å². The zero-order valence-electron chi connectivity index (χ0n) is 23.3. The summed E-state index contributed by atoms with van der Waals surface area (Å²) in [5.41, 5.74) is 2.41. The van der Waals surface area contributed by atoms with Crippen molar-refractivity contribution in [3.63, 3.8) is 0 Å². The highest BCUT2D eigenvalue weighted by Gasteiger charge is 2.41. The highest BCUT2D eigenvalue weighted by atomic mass is 32.2. The van der Waals surface area contributed by atoms with Crippen LogP contribution in [0.2, 0.25) is 0 Å². The molecule has 2 N–H and O–H groups in total. The van der Waals surface area contributed by atoms with Crippen LogP contribution >= 0.6 is 11.8 Å². The maximum Gasteiger partial charge on any atom is 0.259 e. The molecular formula is C30H31N5O6S. The van der Waals surface area contributed by atoms with Crippen molar-refractivity contribution in [2.24, 2.45) is 9.98 Å². The number of amidine groups is 2. The van der Waals surface area contributed by atoms with Crippen LogP contribution in [0.4, 0.5) is 5.69 Å². The third-order valence-corrected chi connectivity index (χ3v) is 7.69. The lowest BCUT2D eigenvalue weighted by molar-refractivity contribution is -0.125. The molecule has 0 saturated heterocycles. The number of furan rings is 1. The van der Waals surface area contributed by atoms with E-state index in [1.165, 1.54) is 16.7 Å². The maximum atomic E-state index is 13.4. The van der Waals surface area contributed by atoms with Gasteiger partial charge in [0.25, 0.3) is 5.91 Å². The lowest BCUT2D eigenvalue weighted by Gasteiger charge is -2.25. The van der Waals surface area contributed by atoms with E-state index >= 15 is 0 Å². The van der Waals surface area contributed by atoms with Crippen LogP contribution in [0, 0.1) is 0 Å². The number of rotatable bonds is 12. The fourth-order valence-corrected chi connectivity index (χ4v) is 5.44. The quantitative estimate of drug-likeness (QED) is 0.330. The summed E-state index contributed by atoms with van der Waals surface area (Å²) in [5.74, 6) is 1.84. The average molecular weight is 590 g/mol. The number of hydrogen-bond acceptors (Lipinski definition) is 9. The molecule has 0 unspecified atom stereocenters. The molecule has 3 amide bonds. The van der Waals surface area contributed by atoms with Crippen molar-refractivity contribution < 1.29 is 28.3 Å². The second kappa shape index (κ2) is 13.4. The number of benzene rings is 2. The number of carbonyl (C=O) groups excluding carboxylic acids is 3. The van der Waals surface area contributed by atoms with Crippen LogP contribution in [0.1, 0.15) is 29.7 Å². The number of thioether (sulfide) groups is 1. The minimum atomic E-state index is -0.721. The van der Waals surface area contributed by atoms with Gasteiger partial charge in [0.05, 0.1) is 38.5 Å². The number of para-hydroxylation sites is 1. The second-order valence-electron chi connectivity index (χ2n) is 9.53. The second-order valence-corrected chi connectivity index (χ2v) is 10.5. The molecule has 2 aromatic carbocycles. The van der Waals surface area contributed by atoms with Gasteiger partial charge in [-0.3, -0.25) is 19.4 Å². The fourth-order valence-electron chi connectivity index (χ4n) is 4.61. The van der Waals surface area contributed by atoms with Gasteiger partial charge in [0.2, 0.25) is 11.8 Å². The molecule has 3 heterocycles. The fraction of sp³-hybridized carbons (Fsp3) is 0.300. The molecule has 0 bridgehead atoms. The topological polar surface area (TPSA) is 135 Å². The largest absolute Gasteiger partial charge is 0.493 e. The number of amides is 3. The standard InChI is InChI=1S/C30H31N5O6S/c1-39-24-11-9-19(16-25(24)40-2)13-14-31-27(37)18-42-30-34-22-8-4-3-7-21(22)28-33-23(29(38)35(28)30)10-12-26(36)32-17-20-6-5-15-41-20/h3-9,11,15-16,23H,10,12-14,17-18H2,1-2H3,(H,31,37)(H,32,36)/t23-/m0/s1. The van der Waals surface area contributed by atoms with E-state index in [1.807, 2.05) is 42.5 Å². The van der Waals surface area contributed by atoms with Crippen LogP contribution in [0.5, 0.6) is 11.5 Å². The van der Waals surface area contributed by atoms with Gasteiger partial charge in [-0.05, 0) is 54.8 Å². The Hall–Kier alpha value is -4.58. The van der Waals surface area contributed by atoms with Gasteiger partial charge in [-0.25, -0.2) is 9.89 Å². The van der Waals surface area contributed by atoms with Crippen LogP contribution in [-0.2, 0) is 27.3 Å². The maximum absolute atomic E-state index is 13.4. The zero-order chi connectivity index (χ0) is 29.5. The van der Waals surface area contributed by atoms with Crippen molar-refractivity contribution in [2.45, 2.75) is 31.8 Å². The SMILES string of the molecule is COc1ccc(CCNC(=O)CSC2=Nc3ccccc3C3=N[C@@H](CCC(=O)NCc4ccco4)C(=O)N23)cc1OC. The molecule has 5 rings (SSSR count). The Bertz CT molecular complexity index is 1520. The van der Waals surface area contributed by atoms with E-state index in [1.54, 1.807) is 32.6 Å². The van der Waals surface area contributed by atoms with Gasteiger partial charge in [0.1, 0.15) is 17.6 Å². The molecule has 1 atom stereocenters. The smallest absolute Gasteiger partial charge is 0.259 e. The molecule has 11 nitrogen and oxygen atoms in total. The number of fused-ring (bicyclic) bond motifs is 3. The first-order chi connectivity index (χ1) is 20.5. The van der Waals surface area contributed by atoms with Gasteiger partial charge < -0.3 is 24.5 Å². The lowest BCUT2D eigenvalue weighted by atomic mass is 10.1. The number of aliphatic imine (C=N–C) groups is 2. The van der Waals surface area contributed by atoms with E-state index in [2.05, 4.69) is 20.6 Å². The minimum absolute atomic E-state index is 0.0733. The minimum Gasteiger partial charge on any atom is -0.493 e. The van der Waals surface area contributed by atoms with E-state index in [9.17, 15) is 14.4 Å². The van der Waals surface area contributed by atoms with E-state index < -0.39 is 6.04 Å². The van der Waals surface area contributed by atoms with Gasteiger partial charge >= 0.3 is 0 Å². The molecule has 218 valence electrons. The number of ether oxygens (including phenoxy) is 2. The normalized spacial score (nSPS) is 15.3. The first-order valence-corrected chi connectivity index (χ1v) is 14.4. The Balaban J connectivity index is 1.17. The van der Waals surface area contributed by atoms with Crippen molar-refractivity contribution in [1.29, 1.82) is 0 Å². The summed E-state index contributed by atoms with van der Waals surface area (Å²) in [6, 6.07) is 15.9. The van der Waals surface area contributed by atoms with E-state index in [0.717, 1.165) is 11.1 Å². The van der Waals surface area contributed by atoms with Crippen LogP contribution in [0.25, 0.3) is 0 Å². The lowest BCUT2D eigenvalue weighted by Crippen LogP contribution is -2.42. The van der Waals surface area contributed by atoms with Crippen LogP contribution in [0.3, 0.4) is 0 Å². The summed E-state index contributed by atoms with van der Waals surface area (Å²) in [5, 5.41) is 6.10. The van der Waals surface area contributed by atoms with Gasteiger partial charge in [0, 0.05) is 18.5 Å². The molecule has 0 spiro atoms. The molecule has 3 aromatic rings. The summed E-state index contributed by atoms with van der Waals surface area (Å²) in [4.78, 5) is 49.3. The molecule has 1 aromatic heterocycles. The molecule has 2 aliphatic rings. The molecule has 0 saturated carbocycles. The summed E-state index contributed by atoms with van der Waals surface area (Å²) < 4.78 is 15.8. The molecular weight excluding hydrogens is 558 g/mol. The van der Waals surface area contributed by atoms with E-state index in [-0.39, 0.29) is 42.9 Å².